The molecule has 1 N–H and O–H groups in total. The Hall–Kier alpha value is -9.57. The maximum Gasteiger partial charge on any atom is 0.335 e. The van der Waals surface area contributed by atoms with Crippen LogP contribution in [0.5, 0.6) is 0 Å². The predicted octanol–water partition coefficient (Wildman–Crippen LogP) is 32.2. The van der Waals surface area contributed by atoms with Gasteiger partial charge < -0.3 is 5.11 Å². The Labute approximate surface area is 680 Å². The van der Waals surface area contributed by atoms with Gasteiger partial charge in [-0.2, -0.15) is 0 Å². The molecule has 0 aliphatic heterocycles. The quantitative estimate of drug-likeness (QED) is 0.191. The van der Waals surface area contributed by atoms with Crippen LogP contribution in [0.15, 0.2) is 322 Å². The number of carbonyl (C=O) groups is 1. The van der Waals surface area contributed by atoms with Crippen LogP contribution in [0.1, 0.15) is 221 Å². The van der Waals surface area contributed by atoms with E-state index in [1.807, 2.05) is 75.4 Å². The molecule has 580 valence electrons. The van der Waals surface area contributed by atoms with E-state index in [1.165, 1.54) is 93.9 Å². The van der Waals surface area contributed by atoms with Crippen LogP contribution in [0.25, 0.3) is 54.9 Å². The molecule has 0 spiro atoms. The van der Waals surface area contributed by atoms with Crippen molar-refractivity contribution >= 4 is 50.7 Å². The number of carboxylic acid groups (broad SMARTS) is 1. The molecule has 13 aromatic carbocycles. The van der Waals surface area contributed by atoms with Gasteiger partial charge >= 0.3 is 5.97 Å². The fourth-order valence-electron chi connectivity index (χ4n) is 11.9. The number of fused-ring (bicyclic) bond motifs is 2. The molecular formula is C107H126Cl2O2. The molecule has 0 unspecified atom stereocenters. The van der Waals surface area contributed by atoms with Crippen LogP contribution in [0.3, 0.4) is 0 Å². The highest BCUT2D eigenvalue weighted by molar-refractivity contribution is 6.30. The van der Waals surface area contributed by atoms with Crippen molar-refractivity contribution in [2.75, 3.05) is 0 Å². The van der Waals surface area contributed by atoms with E-state index in [1.54, 1.807) is 12.1 Å². The van der Waals surface area contributed by atoms with Gasteiger partial charge in [0.05, 0.1) is 5.56 Å². The van der Waals surface area contributed by atoms with Gasteiger partial charge in [-0.1, -0.05) is 481 Å². The second-order valence-electron chi connectivity index (χ2n) is 36.8. The second kappa shape index (κ2) is 40.1. The minimum Gasteiger partial charge on any atom is -0.478 e. The zero-order chi connectivity index (χ0) is 82.2. The zero-order valence-electron chi connectivity index (χ0n) is 71.2. The van der Waals surface area contributed by atoms with Gasteiger partial charge in [-0.3, -0.25) is 0 Å². The Balaban J connectivity index is 0.000000199. The lowest BCUT2D eigenvalue weighted by Gasteiger charge is -2.20. The summed E-state index contributed by atoms with van der Waals surface area (Å²) in [5.74, 6) is -0.856. The summed E-state index contributed by atoms with van der Waals surface area (Å²) in [5, 5.41) is 15.8. The molecule has 0 atom stereocenters. The largest absolute Gasteiger partial charge is 0.478 e. The molecule has 4 heteroatoms. The Morgan fingerprint density at radius 1 is 0.207 bits per heavy atom. The Morgan fingerprint density at radius 2 is 0.405 bits per heavy atom. The monoisotopic (exact) mass is 1510 g/mol. The highest BCUT2D eigenvalue weighted by Crippen LogP contribution is 2.33. The molecule has 0 saturated heterocycles. The van der Waals surface area contributed by atoms with Crippen molar-refractivity contribution in [1.29, 1.82) is 0 Å². The highest BCUT2D eigenvalue weighted by Gasteiger charge is 2.22. The number of benzene rings is 13. The van der Waals surface area contributed by atoms with Crippen molar-refractivity contribution in [1.82, 2.24) is 0 Å². The van der Waals surface area contributed by atoms with Gasteiger partial charge in [0.2, 0.25) is 0 Å². The van der Waals surface area contributed by atoms with E-state index in [0.29, 0.717) is 5.56 Å². The van der Waals surface area contributed by atoms with Crippen LogP contribution in [0, 0.1) is 0 Å². The lowest BCUT2D eigenvalue weighted by molar-refractivity contribution is 0.0694. The van der Waals surface area contributed by atoms with Gasteiger partial charge in [0.1, 0.15) is 0 Å². The summed E-state index contributed by atoms with van der Waals surface area (Å²) >= 11 is 11.5. The van der Waals surface area contributed by atoms with E-state index in [9.17, 15) is 4.79 Å². The average Bonchev–Trinajstić information content (AvgIpc) is 0.881. The summed E-state index contributed by atoms with van der Waals surface area (Å²) in [4.78, 5) is 10.9. The van der Waals surface area contributed by atoms with E-state index in [4.69, 9.17) is 28.3 Å². The third-order valence-electron chi connectivity index (χ3n) is 19.2. The van der Waals surface area contributed by atoms with Gasteiger partial charge in [0.15, 0.2) is 0 Å². The summed E-state index contributed by atoms with van der Waals surface area (Å²) in [6.07, 6.45) is 0. The molecular weight excluding hydrogens is 1390 g/mol. The van der Waals surface area contributed by atoms with Gasteiger partial charge in [0.25, 0.3) is 0 Å². The van der Waals surface area contributed by atoms with Crippen molar-refractivity contribution in [3.63, 3.8) is 0 Å². The number of carboxylic acids is 1. The summed E-state index contributed by atoms with van der Waals surface area (Å²) < 4.78 is 0. The summed E-state index contributed by atoms with van der Waals surface area (Å²) in [7, 11) is 0. The minimum atomic E-state index is -0.856. The minimum absolute atomic E-state index is 0.116. The molecule has 0 aliphatic carbocycles. The Kier molecular flexibility index (Phi) is 32.6. The molecule has 0 bridgehead atoms. The highest BCUT2D eigenvalue weighted by atomic mass is 35.5. The number of hydrogen-bond donors (Lipinski definition) is 1. The molecule has 0 aromatic heterocycles. The van der Waals surface area contributed by atoms with E-state index < -0.39 is 5.97 Å². The van der Waals surface area contributed by atoms with Gasteiger partial charge in [-0.15, -0.1) is 0 Å². The van der Waals surface area contributed by atoms with E-state index in [0.717, 1.165) is 15.6 Å². The van der Waals surface area contributed by atoms with Crippen molar-refractivity contribution in [3.05, 3.63) is 382 Å². The van der Waals surface area contributed by atoms with Crippen molar-refractivity contribution in [2.24, 2.45) is 0 Å². The van der Waals surface area contributed by atoms with Crippen LogP contribution in [-0.2, 0) is 43.3 Å². The standard InChI is InChI=1S/3C16H18.2C14H16.C11H14O2.2C10H13Cl/c3*1-16(2,3)15-11-9-14(10-12-15)13-7-5-4-6-8-13;2*1-14(2,3)13-9-8-11-6-4-5-7-12(11)10-13;1-11(2,3)9-7-5-4-6-8(9)10(12)13;2*1-10(2,3)8-4-6-9(11)7-5-8/h3*4-12H,1-3H3;2*4-10H,1-3H3;4-7H,1-3H3,(H,12,13);2*4-7H,1-3H3. The topological polar surface area (TPSA) is 37.3 Å². The van der Waals surface area contributed by atoms with Crippen LogP contribution in [-0.4, -0.2) is 11.1 Å². The first kappa shape index (κ1) is 90.3. The normalized spacial score (nSPS) is 11.6. The molecule has 0 radical (unpaired) electrons. The fourth-order valence-corrected chi connectivity index (χ4v) is 12.2. The number of aromatic carboxylic acids is 1. The molecule has 0 amide bonds. The van der Waals surface area contributed by atoms with Crippen LogP contribution in [0.2, 0.25) is 10.0 Å². The van der Waals surface area contributed by atoms with Crippen LogP contribution >= 0.6 is 23.2 Å². The number of halogens is 2. The molecule has 0 fully saturated rings. The van der Waals surface area contributed by atoms with Crippen LogP contribution in [0.4, 0.5) is 0 Å². The average molecular weight is 1520 g/mol. The number of rotatable bonds is 4. The Morgan fingerprint density at radius 3 is 0.631 bits per heavy atom. The van der Waals surface area contributed by atoms with Gasteiger partial charge in [-0.05, 0) is 173 Å². The third-order valence-corrected chi connectivity index (χ3v) is 19.7. The van der Waals surface area contributed by atoms with E-state index >= 15 is 0 Å². The van der Waals surface area contributed by atoms with Crippen molar-refractivity contribution in [2.45, 2.75) is 209 Å². The molecule has 0 saturated carbocycles. The first-order valence-electron chi connectivity index (χ1n) is 39.1. The maximum atomic E-state index is 10.9. The molecule has 13 rings (SSSR count). The second-order valence-corrected chi connectivity index (χ2v) is 37.7. The first-order chi connectivity index (χ1) is 51.8. The first-order valence-corrected chi connectivity index (χ1v) is 39.9. The van der Waals surface area contributed by atoms with Crippen molar-refractivity contribution in [3.8, 4) is 33.4 Å². The van der Waals surface area contributed by atoms with E-state index in [-0.39, 0.29) is 43.3 Å². The Bertz CT molecular complexity index is 4540. The molecule has 111 heavy (non-hydrogen) atoms. The molecule has 13 aromatic rings. The van der Waals surface area contributed by atoms with E-state index in [2.05, 4.69) is 400 Å². The third kappa shape index (κ3) is 30.2. The maximum absolute atomic E-state index is 10.9. The molecule has 0 heterocycles. The van der Waals surface area contributed by atoms with Crippen LogP contribution < -0.4 is 0 Å². The zero-order valence-corrected chi connectivity index (χ0v) is 72.7. The molecule has 2 nitrogen and oxygen atoms in total. The summed E-state index contributed by atoms with van der Waals surface area (Å²) in [5.41, 5.74) is 20.1. The summed E-state index contributed by atoms with van der Waals surface area (Å²) in [6.45, 7) is 52.8. The number of hydrogen-bond acceptors (Lipinski definition) is 1. The summed E-state index contributed by atoms with van der Waals surface area (Å²) in [6, 6.07) is 112. The lowest BCUT2D eigenvalue weighted by Crippen LogP contribution is -2.16. The fraction of sp³-hybridized carbons (Fsp3) is 0.299. The van der Waals surface area contributed by atoms with Crippen molar-refractivity contribution < 1.29 is 9.90 Å². The lowest BCUT2D eigenvalue weighted by atomic mass is 9.84. The van der Waals surface area contributed by atoms with Gasteiger partial charge in [-0.25, -0.2) is 4.79 Å². The SMILES string of the molecule is CC(C)(C)c1ccc(-c2ccccc2)cc1.CC(C)(C)c1ccc(-c2ccccc2)cc1.CC(C)(C)c1ccc(-c2ccccc2)cc1.CC(C)(C)c1ccc(Cl)cc1.CC(C)(C)c1ccc(Cl)cc1.CC(C)(C)c1ccc2ccccc2c1.CC(C)(C)c1ccc2ccccc2c1.CC(C)(C)c1ccccc1C(=O)O. The molecule has 0 aliphatic rings. The predicted molar refractivity (Wildman–Crippen MR) is 489 cm³/mol. The smallest absolute Gasteiger partial charge is 0.335 e. The van der Waals surface area contributed by atoms with Gasteiger partial charge in [0, 0.05) is 10.0 Å².